The van der Waals surface area contributed by atoms with Gasteiger partial charge in [-0.2, -0.15) is 0 Å². The van der Waals surface area contributed by atoms with Crippen LogP contribution in [0.4, 0.5) is 0 Å². The van der Waals surface area contributed by atoms with Crippen LogP contribution < -0.4 is 0 Å². The summed E-state index contributed by atoms with van der Waals surface area (Å²) in [6.07, 6.45) is 0. The van der Waals surface area contributed by atoms with E-state index >= 15 is 0 Å². The molecule has 0 unspecified atom stereocenters. The van der Waals surface area contributed by atoms with Gasteiger partial charge in [0.05, 0.1) is 27.8 Å². The highest BCUT2D eigenvalue weighted by Gasteiger charge is 2.23. The Balaban J connectivity index is 0.938. The summed E-state index contributed by atoms with van der Waals surface area (Å²) in [6.45, 7) is 0. The van der Waals surface area contributed by atoms with E-state index in [4.69, 9.17) is 15.0 Å². The van der Waals surface area contributed by atoms with E-state index in [1.54, 1.807) is 0 Å². The van der Waals surface area contributed by atoms with Gasteiger partial charge in [0.25, 0.3) is 0 Å². The van der Waals surface area contributed by atoms with Crippen LogP contribution in [0.2, 0.25) is 0 Å². The van der Waals surface area contributed by atoms with Crippen molar-refractivity contribution in [3.63, 3.8) is 0 Å². The molecule has 0 amide bonds. The van der Waals surface area contributed by atoms with Crippen molar-refractivity contribution < 1.29 is 0 Å². The van der Waals surface area contributed by atoms with Crippen LogP contribution in [0.25, 0.3) is 133 Å². The van der Waals surface area contributed by atoms with Gasteiger partial charge in [0, 0.05) is 49.3 Å². The first-order valence-electron chi connectivity index (χ1n) is 23.8. The van der Waals surface area contributed by atoms with Crippen LogP contribution in [0.3, 0.4) is 0 Å². The van der Waals surface area contributed by atoms with Gasteiger partial charge in [-0.3, -0.25) is 0 Å². The summed E-state index contributed by atoms with van der Waals surface area (Å²) in [5, 5.41) is 9.79. The molecule has 326 valence electrons. The molecule has 0 aliphatic rings. The molecule has 0 fully saturated rings. The number of aromatic nitrogens is 5. The molecule has 5 nitrogen and oxygen atoms in total. The van der Waals surface area contributed by atoms with E-state index < -0.39 is 0 Å². The smallest absolute Gasteiger partial charge is 0.164 e. The van der Waals surface area contributed by atoms with Crippen molar-refractivity contribution in [2.75, 3.05) is 0 Å². The quantitative estimate of drug-likeness (QED) is 0.160. The third-order valence-electron chi connectivity index (χ3n) is 14.0. The van der Waals surface area contributed by atoms with Gasteiger partial charge in [0.2, 0.25) is 0 Å². The minimum atomic E-state index is 0.611. The fraction of sp³-hybridized carbons (Fsp3) is 0. The van der Waals surface area contributed by atoms with Gasteiger partial charge >= 0.3 is 0 Å². The van der Waals surface area contributed by atoms with Crippen molar-refractivity contribution in [3.8, 4) is 67.8 Å². The highest BCUT2D eigenvalue weighted by Crippen LogP contribution is 2.45. The summed E-state index contributed by atoms with van der Waals surface area (Å²) in [4.78, 5) is 15.4. The van der Waals surface area contributed by atoms with Crippen LogP contribution in [0, 0.1) is 0 Å². The van der Waals surface area contributed by atoms with Crippen LogP contribution in [-0.4, -0.2) is 24.1 Å². The fourth-order valence-corrected chi connectivity index (χ4v) is 10.7. The van der Waals surface area contributed by atoms with E-state index in [2.05, 4.69) is 246 Å². The first-order chi connectivity index (χ1) is 34.7. The summed E-state index contributed by atoms with van der Waals surface area (Å²) < 4.78 is 4.93. The van der Waals surface area contributed by atoms with Gasteiger partial charge in [-0.25, -0.2) is 15.0 Å². The van der Waals surface area contributed by atoms with Gasteiger partial charge in [-0.05, 0) is 86.9 Å². The summed E-state index contributed by atoms with van der Waals surface area (Å²) in [7, 11) is 0. The van der Waals surface area contributed by atoms with Crippen molar-refractivity contribution in [2.45, 2.75) is 0 Å². The second kappa shape index (κ2) is 16.1. The summed E-state index contributed by atoms with van der Waals surface area (Å²) >= 11 is 0. The van der Waals surface area contributed by atoms with Crippen molar-refractivity contribution in [2.24, 2.45) is 0 Å². The van der Waals surface area contributed by atoms with Gasteiger partial charge < -0.3 is 9.13 Å². The average molecular weight is 892 g/mol. The Morgan fingerprint density at radius 1 is 0.243 bits per heavy atom. The molecule has 11 aromatic carbocycles. The normalized spacial score (nSPS) is 11.7. The summed E-state index contributed by atoms with van der Waals surface area (Å²) in [5.41, 5.74) is 14.2. The second-order valence-corrected chi connectivity index (χ2v) is 18.0. The molecule has 0 aliphatic heterocycles. The zero-order valence-electron chi connectivity index (χ0n) is 37.9. The minimum Gasteiger partial charge on any atom is -0.309 e. The topological polar surface area (TPSA) is 48.5 Å². The molecule has 0 spiro atoms. The minimum absolute atomic E-state index is 0.611. The van der Waals surface area contributed by atoms with E-state index in [1.165, 1.54) is 59.8 Å². The van der Waals surface area contributed by atoms with Crippen LogP contribution >= 0.6 is 0 Å². The maximum absolute atomic E-state index is 5.17. The Morgan fingerprint density at radius 3 is 1.23 bits per heavy atom. The Bertz CT molecular complexity index is 4200. The molecule has 70 heavy (non-hydrogen) atoms. The van der Waals surface area contributed by atoms with Gasteiger partial charge in [-0.1, -0.05) is 200 Å². The van der Waals surface area contributed by atoms with E-state index in [-0.39, 0.29) is 0 Å². The largest absolute Gasteiger partial charge is 0.309 e. The average Bonchev–Trinajstić information content (AvgIpc) is 3.96. The molecule has 0 radical (unpaired) electrons. The number of hydrogen-bond donors (Lipinski definition) is 0. The molecule has 0 saturated carbocycles. The molecule has 3 aromatic heterocycles. The first-order valence-corrected chi connectivity index (χ1v) is 23.8. The lowest BCUT2D eigenvalue weighted by atomic mass is 10.0. The molecule has 0 atom stereocenters. The van der Waals surface area contributed by atoms with E-state index in [1.807, 2.05) is 12.1 Å². The molecule has 3 heterocycles. The number of benzene rings is 11. The lowest BCUT2D eigenvalue weighted by molar-refractivity contribution is 1.07. The van der Waals surface area contributed by atoms with E-state index in [9.17, 15) is 0 Å². The zero-order chi connectivity index (χ0) is 46.1. The highest BCUT2D eigenvalue weighted by atomic mass is 15.0. The number of hydrogen-bond acceptors (Lipinski definition) is 3. The Kier molecular flexibility index (Phi) is 9.14. The Hall–Kier alpha value is -9.45. The number of nitrogens with zero attached hydrogens (tertiary/aromatic N) is 5. The second-order valence-electron chi connectivity index (χ2n) is 18.0. The summed E-state index contributed by atoms with van der Waals surface area (Å²) in [5.74, 6) is 1.85. The van der Waals surface area contributed by atoms with Crippen molar-refractivity contribution in [1.29, 1.82) is 0 Å². The van der Waals surface area contributed by atoms with Crippen molar-refractivity contribution in [3.05, 3.63) is 249 Å². The molecular formula is C65H41N5. The summed E-state index contributed by atoms with van der Waals surface area (Å²) in [6, 6.07) is 88.7. The lowest BCUT2D eigenvalue weighted by Crippen LogP contribution is -2.01. The third-order valence-corrected chi connectivity index (χ3v) is 14.0. The highest BCUT2D eigenvalue weighted by molar-refractivity contribution is 6.25. The maximum Gasteiger partial charge on any atom is 0.164 e. The molecule has 0 N–H and O–H groups in total. The SMILES string of the molecule is c1ccc(-c2ccc(-c3nc(-c4ccc(-c5ccccc5)cc4)nc(-c4ccc(-n5c6ccccc6c6c(-n7c8ccccc8c8c9ccccc9ccc87)c7ccccc7cc65)cc4)n3)cc2)cc1. The number of rotatable bonds is 7. The Labute approximate surface area is 403 Å². The molecule has 14 rings (SSSR count). The molecule has 14 aromatic rings. The van der Waals surface area contributed by atoms with Crippen LogP contribution in [0.5, 0.6) is 0 Å². The van der Waals surface area contributed by atoms with Crippen molar-refractivity contribution in [1.82, 2.24) is 24.1 Å². The van der Waals surface area contributed by atoms with Crippen LogP contribution in [-0.2, 0) is 0 Å². The Morgan fingerprint density at radius 2 is 0.657 bits per heavy atom. The maximum atomic E-state index is 5.17. The first kappa shape index (κ1) is 39.7. The number of fused-ring (bicyclic) bond motifs is 9. The van der Waals surface area contributed by atoms with E-state index in [0.29, 0.717) is 17.5 Å². The molecule has 0 bridgehead atoms. The van der Waals surface area contributed by atoms with Gasteiger partial charge in [-0.15, -0.1) is 0 Å². The predicted molar refractivity (Wildman–Crippen MR) is 291 cm³/mol. The fourth-order valence-electron chi connectivity index (χ4n) is 10.7. The zero-order valence-corrected chi connectivity index (χ0v) is 37.9. The van der Waals surface area contributed by atoms with Gasteiger partial charge in [0.1, 0.15) is 0 Å². The molecule has 0 saturated heterocycles. The van der Waals surface area contributed by atoms with Crippen LogP contribution in [0.15, 0.2) is 249 Å². The third kappa shape index (κ3) is 6.44. The molecule has 5 heteroatoms. The van der Waals surface area contributed by atoms with Gasteiger partial charge in [0.15, 0.2) is 17.5 Å². The monoisotopic (exact) mass is 891 g/mol. The lowest BCUT2D eigenvalue weighted by Gasteiger charge is -2.15. The number of para-hydroxylation sites is 2. The van der Waals surface area contributed by atoms with Crippen molar-refractivity contribution >= 4 is 65.2 Å². The molecule has 0 aliphatic carbocycles. The van der Waals surface area contributed by atoms with E-state index in [0.717, 1.165) is 55.7 Å². The van der Waals surface area contributed by atoms with Crippen LogP contribution in [0.1, 0.15) is 0 Å². The standard InChI is InChI=1S/C65H41N5/c1-3-15-42(16-4-1)44-27-31-47(32-28-44)63-66-64(48-33-29-45(30-34-48)43-17-5-2-6-18-43)68-65(67-63)49-35-38-51(39-36-49)69-56-25-13-12-24-55(56)61-59(69)41-50-20-8-10-22-53(50)62(61)70-57-26-14-11-23-54(57)60-52-21-9-7-19-46(52)37-40-58(60)70/h1-41H. The predicted octanol–water partition coefficient (Wildman–Crippen LogP) is 16.7. The molecular weight excluding hydrogens is 851 g/mol.